The van der Waals surface area contributed by atoms with Crippen LogP contribution in [0.25, 0.3) is 0 Å². The third kappa shape index (κ3) is 4.12. The van der Waals surface area contributed by atoms with Gasteiger partial charge in [-0.3, -0.25) is 14.4 Å². The molecule has 0 aromatic carbocycles. The van der Waals surface area contributed by atoms with E-state index in [1.807, 2.05) is 0 Å². The second-order valence-corrected chi connectivity index (χ2v) is 4.91. The zero-order valence-electron chi connectivity index (χ0n) is 11.9. The van der Waals surface area contributed by atoms with Crippen molar-refractivity contribution >= 4 is 23.6 Å². The predicted octanol–water partition coefficient (Wildman–Crippen LogP) is 0.758. The van der Waals surface area contributed by atoms with Crippen molar-refractivity contribution < 1.29 is 28.8 Å². The highest BCUT2D eigenvalue weighted by molar-refractivity contribution is 6.01. The van der Waals surface area contributed by atoms with Crippen molar-refractivity contribution in [1.29, 1.82) is 0 Å². The van der Waals surface area contributed by atoms with E-state index in [0.717, 1.165) is 0 Å². The van der Waals surface area contributed by atoms with Crippen molar-refractivity contribution in [1.82, 2.24) is 5.06 Å². The Morgan fingerprint density at radius 1 is 1.15 bits per heavy atom. The largest absolute Gasteiger partial charge is 0.368 e. The van der Waals surface area contributed by atoms with Crippen LogP contribution in [0.2, 0.25) is 0 Å². The molecule has 1 aliphatic rings. The number of nitrogens with zero attached hydrogens (tertiary/aromatic N) is 1. The van der Waals surface area contributed by atoms with E-state index in [0.29, 0.717) is 11.7 Å². The van der Waals surface area contributed by atoms with E-state index in [9.17, 15) is 19.2 Å². The summed E-state index contributed by atoms with van der Waals surface area (Å²) < 4.78 is 5.27. The summed E-state index contributed by atoms with van der Waals surface area (Å²) in [5.41, 5.74) is -0.964. The number of imide groups is 1. The van der Waals surface area contributed by atoms with E-state index >= 15 is 0 Å². The Kier molecular flexibility index (Phi) is 5.38. The standard InChI is InChI=1S/C13H19NO6/c1-4-19-13(2,3)9(15)5-8-12(18)20-14-10(16)6-7-11(14)17/h4-8H2,1-3H3. The smallest absolute Gasteiger partial charge is 0.333 e. The molecule has 1 rings (SSSR count). The van der Waals surface area contributed by atoms with Crippen LogP contribution in [0.4, 0.5) is 0 Å². The van der Waals surface area contributed by atoms with Gasteiger partial charge in [-0.05, 0) is 20.8 Å². The normalized spacial score (nSPS) is 15.7. The molecule has 0 saturated carbocycles. The maximum atomic E-state index is 11.8. The van der Waals surface area contributed by atoms with E-state index in [1.54, 1.807) is 20.8 Å². The summed E-state index contributed by atoms with van der Waals surface area (Å²) in [6.45, 7) is 5.41. The molecule has 0 atom stereocenters. The van der Waals surface area contributed by atoms with Crippen molar-refractivity contribution in [2.45, 2.75) is 52.1 Å². The molecular weight excluding hydrogens is 266 g/mol. The number of rotatable bonds is 7. The van der Waals surface area contributed by atoms with Crippen LogP contribution in [-0.2, 0) is 28.8 Å². The summed E-state index contributed by atoms with van der Waals surface area (Å²) in [7, 11) is 0. The minimum absolute atomic E-state index is 0.0441. The quantitative estimate of drug-likeness (QED) is 0.641. The highest BCUT2D eigenvalue weighted by atomic mass is 16.7. The molecule has 0 unspecified atom stereocenters. The lowest BCUT2D eigenvalue weighted by atomic mass is 9.99. The Hall–Kier alpha value is -1.76. The summed E-state index contributed by atoms with van der Waals surface area (Å²) in [5.74, 6) is -2.10. The third-order valence-corrected chi connectivity index (χ3v) is 2.93. The van der Waals surface area contributed by atoms with Gasteiger partial charge in [0.05, 0.1) is 6.42 Å². The first kappa shape index (κ1) is 16.3. The van der Waals surface area contributed by atoms with Gasteiger partial charge < -0.3 is 9.57 Å². The average molecular weight is 285 g/mol. The summed E-state index contributed by atoms with van der Waals surface area (Å²) in [6, 6.07) is 0. The molecule has 0 aromatic heterocycles. The lowest BCUT2D eigenvalue weighted by Crippen LogP contribution is -2.36. The van der Waals surface area contributed by atoms with Crippen LogP contribution >= 0.6 is 0 Å². The lowest BCUT2D eigenvalue weighted by Gasteiger charge is -2.22. The molecule has 0 radical (unpaired) electrons. The molecule has 1 saturated heterocycles. The van der Waals surface area contributed by atoms with Crippen molar-refractivity contribution in [3.05, 3.63) is 0 Å². The summed E-state index contributed by atoms with van der Waals surface area (Å²) in [4.78, 5) is 50.5. The van der Waals surface area contributed by atoms with Gasteiger partial charge in [0, 0.05) is 25.9 Å². The summed E-state index contributed by atoms with van der Waals surface area (Å²) in [5, 5.41) is 0.473. The molecule has 1 fully saturated rings. The maximum absolute atomic E-state index is 11.8. The predicted molar refractivity (Wildman–Crippen MR) is 67.1 cm³/mol. The molecule has 0 spiro atoms. The molecular formula is C13H19NO6. The second kappa shape index (κ2) is 6.60. The van der Waals surface area contributed by atoms with E-state index in [2.05, 4.69) is 4.84 Å². The first-order chi connectivity index (χ1) is 9.27. The van der Waals surface area contributed by atoms with Crippen LogP contribution in [0.3, 0.4) is 0 Å². The van der Waals surface area contributed by atoms with Gasteiger partial charge in [0.1, 0.15) is 5.60 Å². The molecule has 7 nitrogen and oxygen atoms in total. The van der Waals surface area contributed by atoms with Gasteiger partial charge in [0.15, 0.2) is 5.78 Å². The Labute approximate surface area is 117 Å². The van der Waals surface area contributed by atoms with Gasteiger partial charge in [-0.25, -0.2) is 4.79 Å². The number of carbonyl (C=O) groups is 4. The Bertz CT molecular complexity index is 413. The molecule has 2 amide bonds. The fraction of sp³-hybridized carbons (Fsp3) is 0.692. The van der Waals surface area contributed by atoms with Crippen molar-refractivity contribution in [2.75, 3.05) is 6.61 Å². The van der Waals surface area contributed by atoms with E-state index in [1.165, 1.54) is 0 Å². The number of hydrogen-bond acceptors (Lipinski definition) is 6. The number of ketones is 1. The van der Waals surface area contributed by atoms with Gasteiger partial charge in [-0.15, -0.1) is 5.06 Å². The van der Waals surface area contributed by atoms with Crippen LogP contribution in [0.15, 0.2) is 0 Å². The number of hydroxylamine groups is 2. The Balaban J connectivity index is 2.42. The van der Waals surface area contributed by atoms with Gasteiger partial charge in [-0.1, -0.05) is 0 Å². The average Bonchev–Trinajstić information content (AvgIpc) is 2.67. The molecule has 0 aliphatic carbocycles. The highest BCUT2D eigenvalue weighted by Gasteiger charge is 2.33. The first-order valence-electron chi connectivity index (χ1n) is 6.51. The van der Waals surface area contributed by atoms with Gasteiger partial charge in [0.2, 0.25) is 0 Å². The molecule has 112 valence electrons. The van der Waals surface area contributed by atoms with Gasteiger partial charge >= 0.3 is 5.97 Å². The van der Waals surface area contributed by atoms with E-state index < -0.39 is 23.4 Å². The number of carbonyl (C=O) groups excluding carboxylic acids is 4. The molecule has 7 heteroatoms. The lowest BCUT2D eigenvalue weighted by molar-refractivity contribution is -0.197. The van der Waals surface area contributed by atoms with Crippen LogP contribution in [0, 0.1) is 0 Å². The molecule has 0 aromatic rings. The molecule has 1 aliphatic heterocycles. The van der Waals surface area contributed by atoms with Crippen molar-refractivity contribution in [3.63, 3.8) is 0 Å². The highest BCUT2D eigenvalue weighted by Crippen LogP contribution is 2.16. The van der Waals surface area contributed by atoms with Crippen molar-refractivity contribution in [3.8, 4) is 0 Å². The number of Topliss-reactive ketones (excluding diaryl/α,β-unsaturated/α-hetero) is 1. The number of hydrogen-bond donors (Lipinski definition) is 0. The van der Waals surface area contributed by atoms with E-state index in [-0.39, 0.29) is 31.5 Å². The Morgan fingerprint density at radius 2 is 1.70 bits per heavy atom. The Morgan fingerprint density at radius 3 is 2.20 bits per heavy atom. The van der Waals surface area contributed by atoms with Crippen molar-refractivity contribution in [2.24, 2.45) is 0 Å². The third-order valence-electron chi connectivity index (χ3n) is 2.93. The molecule has 1 heterocycles. The van der Waals surface area contributed by atoms with Crippen LogP contribution < -0.4 is 0 Å². The van der Waals surface area contributed by atoms with Gasteiger partial charge in [-0.2, -0.15) is 0 Å². The number of amides is 2. The van der Waals surface area contributed by atoms with Crippen LogP contribution in [-0.4, -0.2) is 40.8 Å². The monoisotopic (exact) mass is 285 g/mol. The first-order valence-corrected chi connectivity index (χ1v) is 6.51. The number of ether oxygens (including phenoxy) is 1. The van der Waals surface area contributed by atoms with Crippen LogP contribution in [0.5, 0.6) is 0 Å². The molecule has 0 bridgehead atoms. The SMILES string of the molecule is CCOC(C)(C)C(=O)CCC(=O)ON1C(=O)CCC1=O. The summed E-state index contributed by atoms with van der Waals surface area (Å²) in [6.07, 6.45) is -0.181. The maximum Gasteiger partial charge on any atom is 0.333 e. The minimum Gasteiger partial charge on any atom is -0.368 e. The summed E-state index contributed by atoms with van der Waals surface area (Å²) >= 11 is 0. The fourth-order valence-electron chi connectivity index (χ4n) is 1.76. The van der Waals surface area contributed by atoms with E-state index in [4.69, 9.17) is 4.74 Å². The zero-order chi connectivity index (χ0) is 15.3. The minimum atomic E-state index is -0.964. The van der Waals surface area contributed by atoms with Gasteiger partial charge in [0.25, 0.3) is 11.8 Å². The van der Waals surface area contributed by atoms with Crippen LogP contribution in [0.1, 0.15) is 46.5 Å². The second-order valence-electron chi connectivity index (χ2n) is 4.91. The topological polar surface area (TPSA) is 90.0 Å². The fourth-order valence-corrected chi connectivity index (χ4v) is 1.76. The molecule has 20 heavy (non-hydrogen) atoms. The molecule has 0 N–H and O–H groups in total. The zero-order valence-corrected chi connectivity index (χ0v) is 11.9.